The summed E-state index contributed by atoms with van der Waals surface area (Å²) in [6.45, 7) is 5.82. The average Bonchev–Trinajstić information content (AvgIpc) is 3.67. The van der Waals surface area contributed by atoms with Crippen LogP contribution in [0.4, 0.5) is 0 Å². The lowest BCUT2D eigenvalue weighted by atomic mass is 10.0. The van der Waals surface area contributed by atoms with Gasteiger partial charge in [-0.15, -0.1) is 0 Å². The minimum Gasteiger partial charge on any atom is -0.491 e. The number of carbonyl (C=O) groups is 1. The number of likely N-dealkylation sites (tertiary alicyclic amines) is 2. The van der Waals surface area contributed by atoms with Crippen molar-refractivity contribution in [3.63, 3.8) is 0 Å². The van der Waals surface area contributed by atoms with Gasteiger partial charge in [0.15, 0.2) is 5.75 Å². The van der Waals surface area contributed by atoms with E-state index in [9.17, 15) is 4.79 Å². The number of piperidine rings is 1. The van der Waals surface area contributed by atoms with Crippen molar-refractivity contribution in [1.29, 1.82) is 0 Å². The van der Waals surface area contributed by atoms with Crippen molar-refractivity contribution in [2.75, 3.05) is 39.3 Å². The van der Waals surface area contributed by atoms with E-state index in [-0.39, 0.29) is 6.10 Å². The largest absolute Gasteiger partial charge is 0.491 e. The number of hydrogen-bond acceptors (Lipinski definition) is 5. The van der Waals surface area contributed by atoms with Crippen molar-refractivity contribution in [2.24, 2.45) is 5.92 Å². The Labute approximate surface area is 219 Å². The van der Waals surface area contributed by atoms with Crippen molar-refractivity contribution in [3.8, 4) is 22.6 Å². The maximum absolute atomic E-state index is 12.3. The van der Waals surface area contributed by atoms with E-state index < -0.39 is 0 Å². The van der Waals surface area contributed by atoms with Gasteiger partial charge in [0, 0.05) is 55.5 Å². The van der Waals surface area contributed by atoms with Crippen molar-refractivity contribution in [2.45, 2.75) is 51.0 Å². The van der Waals surface area contributed by atoms with Gasteiger partial charge in [0.1, 0.15) is 17.4 Å². The molecule has 6 nitrogen and oxygen atoms in total. The maximum Gasteiger partial charge on any atom is 0.225 e. The van der Waals surface area contributed by atoms with E-state index in [2.05, 4.69) is 52.3 Å². The lowest BCUT2D eigenvalue weighted by Gasteiger charge is -2.32. The van der Waals surface area contributed by atoms with E-state index in [4.69, 9.17) is 9.47 Å². The highest BCUT2D eigenvalue weighted by atomic mass is 16.5. The van der Waals surface area contributed by atoms with Crippen LogP contribution in [0, 0.1) is 5.92 Å². The fourth-order valence-electron chi connectivity index (χ4n) is 5.65. The van der Waals surface area contributed by atoms with Crippen LogP contribution in [0.5, 0.6) is 11.5 Å². The maximum atomic E-state index is 12.3. The summed E-state index contributed by atoms with van der Waals surface area (Å²) < 4.78 is 12.7. The van der Waals surface area contributed by atoms with E-state index in [0.717, 1.165) is 85.3 Å². The van der Waals surface area contributed by atoms with Crippen LogP contribution < -0.4 is 9.47 Å². The molecule has 1 saturated carbocycles. The first-order chi connectivity index (χ1) is 18.2. The second-order valence-corrected chi connectivity index (χ2v) is 10.7. The highest BCUT2D eigenvalue weighted by molar-refractivity contribution is 5.92. The Bertz CT molecular complexity index is 1210. The molecule has 0 N–H and O–H groups in total. The quantitative estimate of drug-likeness (QED) is 0.362. The van der Waals surface area contributed by atoms with Gasteiger partial charge in [-0.25, -0.2) is 0 Å². The number of aromatic nitrogens is 1. The minimum atomic E-state index is 0.161. The van der Waals surface area contributed by atoms with E-state index >= 15 is 0 Å². The van der Waals surface area contributed by atoms with Crippen LogP contribution in [0.2, 0.25) is 0 Å². The van der Waals surface area contributed by atoms with Gasteiger partial charge in [0.05, 0.1) is 6.61 Å². The molecule has 0 unspecified atom stereocenters. The predicted molar refractivity (Wildman–Crippen MR) is 146 cm³/mol. The van der Waals surface area contributed by atoms with Gasteiger partial charge in [0.25, 0.3) is 0 Å². The monoisotopic (exact) mass is 499 g/mol. The molecule has 0 atom stereocenters. The van der Waals surface area contributed by atoms with Crippen molar-refractivity contribution >= 4 is 16.8 Å². The molecule has 194 valence electrons. The van der Waals surface area contributed by atoms with Gasteiger partial charge in [-0.2, -0.15) is 0 Å². The van der Waals surface area contributed by atoms with Crippen molar-refractivity contribution in [1.82, 2.24) is 14.8 Å². The molecule has 1 aliphatic carbocycles. The van der Waals surface area contributed by atoms with Crippen LogP contribution in [0.25, 0.3) is 22.0 Å². The molecule has 2 saturated heterocycles. The first-order valence-electron chi connectivity index (χ1n) is 14.0. The molecular formula is C31H37N3O3. The van der Waals surface area contributed by atoms with Gasteiger partial charge in [-0.3, -0.25) is 9.78 Å². The summed E-state index contributed by atoms with van der Waals surface area (Å²) in [6.07, 6.45) is 9.57. The molecule has 3 heterocycles. The molecular weight excluding hydrogens is 462 g/mol. The molecule has 3 aliphatic rings. The van der Waals surface area contributed by atoms with Crippen molar-refractivity contribution < 1.29 is 14.3 Å². The number of pyridine rings is 1. The normalized spacial score (nSPS) is 18.9. The number of benzene rings is 2. The van der Waals surface area contributed by atoms with Crippen LogP contribution in [-0.2, 0) is 4.79 Å². The molecule has 0 radical (unpaired) electrons. The molecule has 6 heteroatoms. The van der Waals surface area contributed by atoms with E-state index in [1.165, 1.54) is 25.9 Å². The fraction of sp³-hybridized carbons (Fsp3) is 0.484. The van der Waals surface area contributed by atoms with Crippen molar-refractivity contribution in [3.05, 3.63) is 54.7 Å². The van der Waals surface area contributed by atoms with Gasteiger partial charge >= 0.3 is 0 Å². The molecule has 2 aromatic carbocycles. The molecule has 1 aromatic heterocycles. The van der Waals surface area contributed by atoms with Crippen LogP contribution in [0.1, 0.15) is 44.9 Å². The molecule has 3 fully saturated rings. The lowest BCUT2D eigenvalue weighted by molar-refractivity contribution is -0.134. The third kappa shape index (κ3) is 5.74. The molecule has 6 rings (SSSR count). The number of carbonyl (C=O) groups excluding carboxylic acids is 1. The first kappa shape index (κ1) is 24.2. The Morgan fingerprint density at radius 1 is 0.919 bits per heavy atom. The second-order valence-electron chi connectivity index (χ2n) is 10.7. The number of nitrogens with zero attached hydrogens (tertiary/aromatic N) is 3. The zero-order valence-corrected chi connectivity index (χ0v) is 21.6. The van der Waals surface area contributed by atoms with Crippen LogP contribution in [0.15, 0.2) is 54.7 Å². The number of hydrogen-bond donors (Lipinski definition) is 0. The summed E-state index contributed by atoms with van der Waals surface area (Å²) in [6, 6.07) is 16.7. The molecule has 2 aliphatic heterocycles. The summed E-state index contributed by atoms with van der Waals surface area (Å²) in [5, 5.41) is 1.09. The first-order valence-corrected chi connectivity index (χ1v) is 14.0. The molecule has 0 spiro atoms. The Kier molecular flexibility index (Phi) is 7.27. The van der Waals surface area contributed by atoms with E-state index in [0.29, 0.717) is 18.4 Å². The SMILES string of the molecule is O=C(C1CC1)N1CCC(Oc2ccc(-c3ccc4cccnc4c3OCCCN3CCCC3)cc2)CC1. The second kappa shape index (κ2) is 11.1. The number of fused-ring (bicyclic) bond motifs is 1. The third-order valence-electron chi connectivity index (χ3n) is 7.94. The number of amides is 1. The minimum absolute atomic E-state index is 0.161. The number of rotatable bonds is 9. The van der Waals surface area contributed by atoms with Gasteiger partial charge in [0.2, 0.25) is 5.91 Å². The molecule has 3 aromatic rings. The Balaban J connectivity index is 1.12. The smallest absolute Gasteiger partial charge is 0.225 e. The highest BCUT2D eigenvalue weighted by Crippen LogP contribution is 2.37. The predicted octanol–water partition coefficient (Wildman–Crippen LogP) is 5.55. The fourth-order valence-corrected chi connectivity index (χ4v) is 5.65. The highest BCUT2D eigenvalue weighted by Gasteiger charge is 2.35. The molecule has 0 bridgehead atoms. The summed E-state index contributed by atoms with van der Waals surface area (Å²) in [5.41, 5.74) is 3.07. The Morgan fingerprint density at radius 2 is 1.70 bits per heavy atom. The van der Waals surface area contributed by atoms with Gasteiger partial charge in [-0.1, -0.05) is 24.3 Å². The van der Waals surface area contributed by atoms with Crippen LogP contribution in [-0.4, -0.2) is 66.1 Å². The van der Waals surface area contributed by atoms with Crippen LogP contribution in [0.3, 0.4) is 0 Å². The zero-order valence-electron chi connectivity index (χ0n) is 21.6. The lowest BCUT2D eigenvalue weighted by Crippen LogP contribution is -2.42. The third-order valence-corrected chi connectivity index (χ3v) is 7.94. The summed E-state index contributed by atoms with van der Waals surface area (Å²) in [5.74, 6) is 2.39. The molecule has 37 heavy (non-hydrogen) atoms. The topological polar surface area (TPSA) is 54.9 Å². The Hall–Kier alpha value is -3.12. The summed E-state index contributed by atoms with van der Waals surface area (Å²) in [7, 11) is 0. The van der Waals surface area contributed by atoms with E-state index in [1.807, 2.05) is 17.2 Å². The number of ether oxygens (including phenoxy) is 2. The van der Waals surface area contributed by atoms with Crippen LogP contribution >= 0.6 is 0 Å². The standard InChI is InChI=1S/C31H37N3O3/c35-31(25-6-7-25)34-20-14-27(15-21-34)37-26-11-8-23(9-12-26)28-13-10-24-5-3-16-32-29(24)30(28)36-22-4-19-33-17-1-2-18-33/h3,5,8-13,16,25,27H,1-2,4,6-7,14-15,17-22H2. The summed E-state index contributed by atoms with van der Waals surface area (Å²) >= 11 is 0. The summed E-state index contributed by atoms with van der Waals surface area (Å²) in [4.78, 5) is 21.5. The zero-order chi connectivity index (χ0) is 25.0. The average molecular weight is 500 g/mol. The van der Waals surface area contributed by atoms with Gasteiger partial charge < -0.3 is 19.3 Å². The Morgan fingerprint density at radius 3 is 2.46 bits per heavy atom. The van der Waals surface area contributed by atoms with E-state index in [1.54, 1.807) is 0 Å². The van der Waals surface area contributed by atoms with Gasteiger partial charge in [-0.05, 0) is 75.0 Å². The molecule has 1 amide bonds.